The summed E-state index contributed by atoms with van der Waals surface area (Å²) < 4.78 is 5.05. The lowest BCUT2D eigenvalue weighted by Crippen LogP contribution is -2.21. The molecule has 0 aliphatic carbocycles. The molecule has 0 bridgehead atoms. The maximum Gasteiger partial charge on any atom is 0.315 e. The van der Waals surface area contributed by atoms with Crippen LogP contribution in [0, 0.1) is 29.4 Å². The van der Waals surface area contributed by atoms with Gasteiger partial charge >= 0.3 is 5.69 Å². The summed E-state index contributed by atoms with van der Waals surface area (Å²) in [5.74, 6) is 0.0389. The Bertz CT molecular complexity index is 574. The average molecular weight is 294 g/mol. The second kappa shape index (κ2) is 6.11. The average Bonchev–Trinajstić information content (AvgIpc) is 2.30. The third-order valence-electron chi connectivity index (χ3n) is 3.06. The minimum atomic E-state index is -0.493. The van der Waals surface area contributed by atoms with E-state index in [9.17, 15) is 14.9 Å². The van der Waals surface area contributed by atoms with E-state index in [0.717, 1.165) is 5.56 Å². The predicted molar refractivity (Wildman–Crippen MR) is 81.8 cm³/mol. The third kappa shape index (κ3) is 4.18. The van der Waals surface area contributed by atoms with Gasteiger partial charge in [-0.25, -0.2) is 0 Å². The molecule has 0 unspecified atom stereocenters. The van der Waals surface area contributed by atoms with Crippen molar-refractivity contribution in [2.75, 3.05) is 12.4 Å². The molecule has 0 saturated carbocycles. The number of benzene rings is 1. The zero-order valence-electron chi connectivity index (χ0n) is 13.4. The van der Waals surface area contributed by atoms with Crippen molar-refractivity contribution in [3.05, 3.63) is 27.3 Å². The van der Waals surface area contributed by atoms with E-state index in [2.05, 4.69) is 5.32 Å². The molecule has 1 aromatic rings. The molecule has 0 radical (unpaired) electrons. The maximum atomic E-state index is 12.1. The van der Waals surface area contributed by atoms with Gasteiger partial charge in [0.15, 0.2) is 5.75 Å². The van der Waals surface area contributed by atoms with Crippen molar-refractivity contribution in [2.45, 2.75) is 41.0 Å². The lowest BCUT2D eigenvalue weighted by atomic mass is 9.92. The zero-order valence-corrected chi connectivity index (χ0v) is 13.4. The molecule has 0 fully saturated rings. The summed E-state index contributed by atoms with van der Waals surface area (Å²) in [5, 5.41) is 14.0. The first-order valence-electron chi connectivity index (χ1n) is 6.69. The van der Waals surface area contributed by atoms with Gasteiger partial charge in [-0.1, -0.05) is 20.8 Å². The van der Waals surface area contributed by atoms with Gasteiger partial charge in [-0.2, -0.15) is 0 Å². The largest absolute Gasteiger partial charge is 0.490 e. The highest BCUT2D eigenvalue weighted by Gasteiger charge is 2.25. The third-order valence-corrected chi connectivity index (χ3v) is 3.06. The van der Waals surface area contributed by atoms with Crippen LogP contribution in [0.15, 0.2) is 6.07 Å². The van der Waals surface area contributed by atoms with E-state index in [1.54, 1.807) is 19.9 Å². The number of rotatable bonds is 4. The number of nitro groups is 1. The molecule has 1 aromatic carbocycles. The number of carbonyl (C=O) groups is 1. The molecule has 116 valence electrons. The van der Waals surface area contributed by atoms with Gasteiger partial charge < -0.3 is 10.1 Å². The molecule has 6 heteroatoms. The number of anilines is 1. The van der Waals surface area contributed by atoms with E-state index in [1.807, 2.05) is 20.8 Å². The molecule has 1 rings (SSSR count). The Hall–Kier alpha value is -2.11. The molecule has 0 aliphatic rings. The number of nitrogens with one attached hydrogen (secondary N) is 1. The summed E-state index contributed by atoms with van der Waals surface area (Å²) in [5.41, 5.74) is 1.35. The molecular weight excluding hydrogens is 272 g/mol. The number of methoxy groups -OCH3 is 1. The Kier molecular flexibility index (Phi) is 4.93. The maximum absolute atomic E-state index is 12.1. The van der Waals surface area contributed by atoms with E-state index < -0.39 is 4.92 Å². The van der Waals surface area contributed by atoms with Gasteiger partial charge in [-0.15, -0.1) is 0 Å². The van der Waals surface area contributed by atoms with Crippen LogP contribution in [0.25, 0.3) is 0 Å². The highest BCUT2D eigenvalue weighted by Crippen LogP contribution is 2.38. The van der Waals surface area contributed by atoms with Crippen LogP contribution in [-0.4, -0.2) is 17.9 Å². The minimum Gasteiger partial charge on any atom is -0.490 e. The number of nitro benzene ring substituents is 1. The van der Waals surface area contributed by atoms with Crippen LogP contribution >= 0.6 is 0 Å². The van der Waals surface area contributed by atoms with Crippen LogP contribution in [0.5, 0.6) is 5.75 Å². The second-order valence-corrected chi connectivity index (χ2v) is 6.29. The molecule has 1 N–H and O–H groups in total. The smallest absolute Gasteiger partial charge is 0.315 e. The normalized spacial score (nSPS) is 11.1. The summed E-state index contributed by atoms with van der Waals surface area (Å²) in [4.78, 5) is 22.8. The molecule has 0 atom stereocenters. The molecule has 1 amide bonds. The van der Waals surface area contributed by atoms with Crippen molar-refractivity contribution in [1.29, 1.82) is 0 Å². The summed E-state index contributed by atoms with van der Waals surface area (Å²) in [6.45, 7) is 9.28. The summed E-state index contributed by atoms with van der Waals surface area (Å²) >= 11 is 0. The van der Waals surface area contributed by atoms with Crippen molar-refractivity contribution in [1.82, 2.24) is 0 Å². The molecule has 0 spiro atoms. The Morgan fingerprint density at radius 3 is 2.38 bits per heavy atom. The predicted octanol–water partition coefficient (Wildman–Crippen LogP) is 3.59. The van der Waals surface area contributed by atoms with Crippen LogP contribution < -0.4 is 10.1 Å². The molecule has 6 nitrogen and oxygen atoms in total. The molecule has 21 heavy (non-hydrogen) atoms. The zero-order chi connectivity index (χ0) is 16.4. The van der Waals surface area contributed by atoms with Gasteiger partial charge in [0.05, 0.1) is 23.3 Å². The lowest BCUT2D eigenvalue weighted by molar-refractivity contribution is -0.386. The summed E-state index contributed by atoms with van der Waals surface area (Å²) in [7, 11) is 1.39. The van der Waals surface area contributed by atoms with Crippen LogP contribution in [0.4, 0.5) is 11.4 Å². The first kappa shape index (κ1) is 16.9. The molecular formula is C15H22N2O4. The van der Waals surface area contributed by atoms with Crippen molar-refractivity contribution in [2.24, 2.45) is 5.41 Å². The number of carbonyl (C=O) groups excluding carboxylic acids is 1. The minimum absolute atomic E-state index is 0.117. The highest BCUT2D eigenvalue weighted by molar-refractivity contribution is 5.93. The Morgan fingerprint density at radius 2 is 1.95 bits per heavy atom. The summed E-state index contributed by atoms with van der Waals surface area (Å²) in [6, 6.07) is 1.57. The van der Waals surface area contributed by atoms with Gasteiger partial charge in [0.1, 0.15) is 0 Å². The van der Waals surface area contributed by atoms with Crippen molar-refractivity contribution < 1.29 is 14.5 Å². The van der Waals surface area contributed by atoms with E-state index in [4.69, 9.17) is 4.74 Å². The van der Waals surface area contributed by atoms with Gasteiger partial charge in [-0.05, 0) is 30.9 Å². The fraction of sp³-hybridized carbons (Fsp3) is 0.533. The molecule has 0 aliphatic heterocycles. The quantitative estimate of drug-likeness (QED) is 0.679. The number of amides is 1. The van der Waals surface area contributed by atoms with Crippen LogP contribution in [-0.2, 0) is 4.79 Å². The lowest BCUT2D eigenvalue weighted by Gasteiger charge is -2.19. The SMILES string of the molecule is COc1cc(C)c(NC(=O)CC(C)(C)C)c(C)c1[N+](=O)[O-]. The fourth-order valence-electron chi connectivity index (χ4n) is 2.18. The number of nitrogens with zero attached hydrogens (tertiary/aromatic N) is 1. The van der Waals surface area contributed by atoms with Gasteiger partial charge in [0.2, 0.25) is 5.91 Å². The van der Waals surface area contributed by atoms with Crippen LogP contribution in [0.2, 0.25) is 0 Å². The number of hydrogen-bond donors (Lipinski definition) is 1. The first-order valence-corrected chi connectivity index (χ1v) is 6.69. The number of aryl methyl sites for hydroxylation is 1. The van der Waals surface area contributed by atoms with Crippen LogP contribution in [0.1, 0.15) is 38.3 Å². The van der Waals surface area contributed by atoms with E-state index in [0.29, 0.717) is 17.7 Å². The standard InChI is InChI=1S/C15H22N2O4/c1-9-7-11(21-6)14(17(19)20)10(2)13(9)16-12(18)8-15(3,4)5/h7H,8H2,1-6H3,(H,16,18). The van der Waals surface area contributed by atoms with Crippen molar-refractivity contribution >= 4 is 17.3 Å². The highest BCUT2D eigenvalue weighted by atomic mass is 16.6. The monoisotopic (exact) mass is 294 g/mol. The topological polar surface area (TPSA) is 81.5 Å². The first-order chi connectivity index (χ1) is 9.56. The van der Waals surface area contributed by atoms with Gasteiger partial charge in [0, 0.05) is 6.42 Å². The Morgan fingerprint density at radius 1 is 1.38 bits per heavy atom. The van der Waals surface area contributed by atoms with Gasteiger partial charge in [-0.3, -0.25) is 14.9 Å². The van der Waals surface area contributed by atoms with Crippen molar-refractivity contribution in [3.8, 4) is 5.75 Å². The number of ether oxygens (including phenoxy) is 1. The molecule has 0 heterocycles. The Balaban J connectivity index is 3.22. The van der Waals surface area contributed by atoms with E-state index in [1.165, 1.54) is 7.11 Å². The summed E-state index contributed by atoms with van der Waals surface area (Å²) in [6.07, 6.45) is 0.339. The molecule has 0 saturated heterocycles. The number of hydrogen-bond acceptors (Lipinski definition) is 4. The Labute approximate surface area is 124 Å². The van der Waals surface area contributed by atoms with E-state index >= 15 is 0 Å². The van der Waals surface area contributed by atoms with E-state index in [-0.39, 0.29) is 22.8 Å². The second-order valence-electron chi connectivity index (χ2n) is 6.29. The molecule has 0 aromatic heterocycles. The van der Waals surface area contributed by atoms with Crippen LogP contribution in [0.3, 0.4) is 0 Å². The van der Waals surface area contributed by atoms with Crippen molar-refractivity contribution in [3.63, 3.8) is 0 Å². The van der Waals surface area contributed by atoms with Gasteiger partial charge in [0.25, 0.3) is 0 Å². The fourth-order valence-corrected chi connectivity index (χ4v) is 2.18.